The number of aromatic nitrogens is 2. The summed E-state index contributed by atoms with van der Waals surface area (Å²) in [4.78, 5) is 15.3. The van der Waals surface area contributed by atoms with Crippen LogP contribution in [0.1, 0.15) is 6.92 Å². The Morgan fingerprint density at radius 2 is 2.46 bits per heavy atom. The first-order valence-corrected chi connectivity index (χ1v) is 3.89. The first kappa shape index (κ1) is 9.33. The molecular weight excluding hydrogens is 166 g/mol. The van der Waals surface area contributed by atoms with Gasteiger partial charge >= 0.3 is 0 Å². The monoisotopic (exact) mass is 177 g/mol. The number of nitrogens with zero attached hydrogens (tertiary/aromatic N) is 2. The number of hydrogen-bond donors (Lipinski definition) is 1. The van der Waals surface area contributed by atoms with E-state index in [4.69, 9.17) is 6.42 Å². The molecule has 4 heteroatoms. The lowest BCUT2D eigenvalue weighted by Gasteiger charge is -2.07. The number of nitrogens with one attached hydrogen (secondary N) is 1. The second-order valence-corrected chi connectivity index (χ2v) is 2.72. The van der Waals surface area contributed by atoms with E-state index in [1.54, 1.807) is 26.4 Å². The summed E-state index contributed by atoms with van der Waals surface area (Å²) in [5.74, 6) is 2.75. The third-order valence-electron chi connectivity index (χ3n) is 1.62. The number of terminal acetylenes is 1. The van der Waals surface area contributed by atoms with E-state index in [0.717, 1.165) is 0 Å². The van der Waals surface area contributed by atoms with Crippen molar-refractivity contribution in [2.45, 2.75) is 13.0 Å². The maximum Gasteiger partial charge on any atom is 0.293 e. The summed E-state index contributed by atoms with van der Waals surface area (Å²) in [6.07, 6.45) is 8.30. The molecule has 1 unspecified atom stereocenters. The molecular formula is C9H11N3O. The zero-order valence-corrected chi connectivity index (χ0v) is 7.61. The number of rotatable bonds is 2. The summed E-state index contributed by atoms with van der Waals surface area (Å²) in [5.41, 5.74) is -0.176. The molecule has 0 fully saturated rings. The normalized spacial score (nSPS) is 11.8. The predicted octanol–water partition coefficient (Wildman–Crippen LogP) is 0.214. The van der Waals surface area contributed by atoms with Gasteiger partial charge in [-0.2, -0.15) is 0 Å². The van der Waals surface area contributed by atoms with Gasteiger partial charge in [-0.1, -0.05) is 5.92 Å². The Bertz CT molecular complexity index is 389. The molecule has 4 nitrogen and oxygen atoms in total. The second kappa shape index (κ2) is 3.76. The van der Waals surface area contributed by atoms with Crippen molar-refractivity contribution in [3.8, 4) is 12.3 Å². The third-order valence-corrected chi connectivity index (χ3v) is 1.62. The van der Waals surface area contributed by atoms with Crippen LogP contribution in [0.3, 0.4) is 0 Å². The van der Waals surface area contributed by atoms with Gasteiger partial charge in [-0.15, -0.1) is 6.42 Å². The molecule has 0 saturated carbocycles. The van der Waals surface area contributed by atoms with Crippen LogP contribution in [0.2, 0.25) is 0 Å². The zero-order chi connectivity index (χ0) is 9.84. The van der Waals surface area contributed by atoms with Crippen molar-refractivity contribution in [3.05, 3.63) is 22.7 Å². The van der Waals surface area contributed by atoms with Crippen LogP contribution in [0.4, 0.5) is 5.82 Å². The van der Waals surface area contributed by atoms with Gasteiger partial charge < -0.3 is 9.88 Å². The maximum absolute atomic E-state index is 11.4. The minimum absolute atomic E-state index is 0.176. The van der Waals surface area contributed by atoms with Crippen molar-refractivity contribution in [1.29, 1.82) is 0 Å². The minimum atomic E-state index is -0.192. The summed E-state index contributed by atoms with van der Waals surface area (Å²) >= 11 is 0. The Kier molecular flexibility index (Phi) is 2.70. The van der Waals surface area contributed by atoms with E-state index < -0.39 is 0 Å². The highest BCUT2D eigenvalue weighted by molar-refractivity contribution is 5.34. The summed E-state index contributed by atoms with van der Waals surface area (Å²) < 4.78 is 1.44. The maximum atomic E-state index is 11.4. The summed E-state index contributed by atoms with van der Waals surface area (Å²) in [7, 11) is 1.66. The highest BCUT2D eigenvalue weighted by Crippen LogP contribution is 1.94. The number of anilines is 1. The molecule has 1 rings (SSSR count). The van der Waals surface area contributed by atoms with Gasteiger partial charge in [0.25, 0.3) is 5.56 Å². The lowest BCUT2D eigenvalue weighted by molar-refractivity contribution is 0.835. The fourth-order valence-corrected chi connectivity index (χ4v) is 0.844. The van der Waals surface area contributed by atoms with Crippen LogP contribution < -0.4 is 10.9 Å². The summed E-state index contributed by atoms with van der Waals surface area (Å²) in [6.45, 7) is 1.79. The third kappa shape index (κ3) is 2.09. The highest BCUT2D eigenvalue weighted by Gasteiger charge is 2.03. The Hall–Kier alpha value is -1.76. The molecule has 0 saturated heterocycles. The molecule has 0 aromatic carbocycles. The van der Waals surface area contributed by atoms with Crippen LogP contribution in [-0.2, 0) is 7.05 Å². The van der Waals surface area contributed by atoms with Crippen LogP contribution in [-0.4, -0.2) is 15.6 Å². The van der Waals surface area contributed by atoms with Crippen molar-refractivity contribution < 1.29 is 0 Å². The molecule has 0 aliphatic heterocycles. The van der Waals surface area contributed by atoms with Crippen molar-refractivity contribution in [2.75, 3.05) is 5.32 Å². The van der Waals surface area contributed by atoms with Gasteiger partial charge in [0.1, 0.15) is 0 Å². The average Bonchev–Trinajstić information content (AvgIpc) is 2.13. The lowest BCUT2D eigenvalue weighted by Crippen LogP contribution is -2.25. The minimum Gasteiger partial charge on any atom is -0.352 e. The van der Waals surface area contributed by atoms with Gasteiger partial charge in [0, 0.05) is 19.4 Å². The lowest BCUT2D eigenvalue weighted by atomic mass is 10.3. The fourth-order valence-electron chi connectivity index (χ4n) is 0.844. The molecule has 1 atom stereocenters. The molecule has 68 valence electrons. The van der Waals surface area contributed by atoms with E-state index in [-0.39, 0.29) is 17.4 Å². The van der Waals surface area contributed by atoms with Crippen molar-refractivity contribution in [1.82, 2.24) is 9.55 Å². The SMILES string of the molecule is C#CC(C)Nc1nccn(C)c1=O. The van der Waals surface area contributed by atoms with Gasteiger partial charge in [-0.05, 0) is 6.92 Å². The molecule has 0 aliphatic carbocycles. The van der Waals surface area contributed by atoms with Gasteiger partial charge in [0.15, 0.2) is 5.82 Å². The number of hydrogen-bond acceptors (Lipinski definition) is 3. The van der Waals surface area contributed by atoms with E-state index in [2.05, 4.69) is 16.2 Å². The van der Waals surface area contributed by atoms with E-state index in [1.807, 2.05) is 0 Å². The Morgan fingerprint density at radius 3 is 3.08 bits per heavy atom. The van der Waals surface area contributed by atoms with Crippen LogP contribution >= 0.6 is 0 Å². The topological polar surface area (TPSA) is 46.9 Å². The van der Waals surface area contributed by atoms with Crippen molar-refractivity contribution >= 4 is 5.82 Å². The Balaban J connectivity index is 2.98. The first-order valence-electron chi connectivity index (χ1n) is 3.89. The largest absolute Gasteiger partial charge is 0.352 e. The molecule has 1 heterocycles. The fraction of sp³-hybridized carbons (Fsp3) is 0.333. The molecule has 0 bridgehead atoms. The van der Waals surface area contributed by atoms with Crippen molar-refractivity contribution in [3.63, 3.8) is 0 Å². The van der Waals surface area contributed by atoms with E-state index in [1.165, 1.54) is 4.57 Å². The van der Waals surface area contributed by atoms with Crippen LogP contribution in [0.5, 0.6) is 0 Å². The molecule has 1 aromatic rings. The Morgan fingerprint density at radius 1 is 1.77 bits per heavy atom. The highest BCUT2D eigenvalue weighted by atomic mass is 16.1. The van der Waals surface area contributed by atoms with E-state index in [9.17, 15) is 4.79 Å². The van der Waals surface area contributed by atoms with Gasteiger partial charge in [0.2, 0.25) is 0 Å². The summed E-state index contributed by atoms with van der Waals surface area (Å²) in [6, 6.07) is -0.192. The first-order chi connectivity index (χ1) is 6.15. The zero-order valence-electron chi connectivity index (χ0n) is 7.61. The number of aryl methyl sites for hydroxylation is 1. The molecule has 0 amide bonds. The van der Waals surface area contributed by atoms with E-state index in [0.29, 0.717) is 0 Å². The van der Waals surface area contributed by atoms with Crippen molar-refractivity contribution in [2.24, 2.45) is 7.05 Å². The molecule has 0 radical (unpaired) electrons. The van der Waals surface area contributed by atoms with Gasteiger partial charge in [-0.25, -0.2) is 4.98 Å². The van der Waals surface area contributed by atoms with E-state index >= 15 is 0 Å². The van der Waals surface area contributed by atoms with Crippen LogP contribution in [0.15, 0.2) is 17.2 Å². The molecule has 1 aromatic heterocycles. The van der Waals surface area contributed by atoms with Crippen LogP contribution in [0.25, 0.3) is 0 Å². The standard InChI is InChI=1S/C9H11N3O/c1-4-7(2)11-8-9(13)12(3)6-5-10-8/h1,5-7H,2-3H3,(H,10,11). The molecule has 1 N–H and O–H groups in total. The van der Waals surface area contributed by atoms with Crippen LogP contribution in [0, 0.1) is 12.3 Å². The molecule has 0 aliphatic rings. The quantitative estimate of drug-likeness (QED) is 0.657. The van der Waals surface area contributed by atoms with Gasteiger partial charge in [0.05, 0.1) is 6.04 Å². The molecule has 0 spiro atoms. The van der Waals surface area contributed by atoms with Gasteiger partial charge in [-0.3, -0.25) is 4.79 Å². The summed E-state index contributed by atoms with van der Waals surface area (Å²) in [5, 5.41) is 2.82. The predicted molar refractivity (Wildman–Crippen MR) is 51.4 cm³/mol. The Labute approximate surface area is 76.6 Å². The smallest absolute Gasteiger partial charge is 0.293 e. The second-order valence-electron chi connectivity index (χ2n) is 2.72. The average molecular weight is 177 g/mol. The molecule has 13 heavy (non-hydrogen) atoms.